The molecule has 0 aliphatic carbocycles. The van der Waals surface area contributed by atoms with Gasteiger partial charge in [0.05, 0.1) is 6.61 Å². The first-order chi connectivity index (χ1) is 14.6. The Labute approximate surface area is 184 Å². The standard InChI is InChI=1S/C18H20ClF3N4O2.C3H4/c1-2-13(19)6-7-24-9-16(27)25-14-5-3-4-12(8-14)17(18(20,21)22)11-28-10-15(23)26-17;1-3-2/h2-5,7-8H,6,9-11H2,1H3,(H2,23,26)(H,25,27);1H,2H3/b13-2+,24-7?;. The zero-order valence-electron chi connectivity index (χ0n) is 17.2. The Balaban J connectivity index is 0.00000151. The third kappa shape index (κ3) is 7.74. The van der Waals surface area contributed by atoms with Crippen LogP contribution in [0.2, 0.25) is 0 Å². The highest BCUT2D eigenvalue weighted by Gasteiger charge is 2.58. The molecular weight excluding hydrogens is 433 g/mol. The van der Waals surface area contributed by atoms with Crippen LogP contribution in [0.25, 0.3) is 0 Å². The van der Waals surface area contributed by atoms with Crippen molar-refractivity contribution in [3.05, 3.63) is 40.9 Å². The van der Waals surface area contributed by atoms with Crippen LogP contribution in [0.5, 0.6) is 0 Å². The number of amidine groups is 1. The summed E-state index contributed by atoms with van der Waals surface area (Å²) in [6, 6.07) is 5.35. The van der Waals surface area contributed by atoms with Gasteiger partial charge in [-0.1, -0.05) is 29.8 Å². The number of halogens is 4. The monoisotopic (exact) mass is 456 g/mol. The zero-order valence-corrected chi connectivity index (χ0v) is 17.9. The van der Waals surface area contributed by atoms with Crippen molar-refractivity contribution in [3.63, 3.8) is 0 Å². The van der Waals surface area contributed by atoms with Gasteiger partial charge < -0.3 is 15.8 Å². The first-order valence-electron chi connectivity index (χ1n) is 9.15. The lowest BCUT2D eigenvalue weighted by Crippen LogP contribution is -2.49. The van der Waals surface area contributed by atoms with Crippen molar-refractivity contribution >= 4 is 35.2 Å². The molecule has 1 aliphatic heterocycles. The van der Waals surface area contributed by atoms with E-state index in [4.69, 9.17) is 22.1 Å². The average Bonchev–Trinajstić information content (AvgIpc) is 2.71. The summed E-state index contributed by atoms with van der Waals surface area (Å²) in [5.41, 5.74) is 2.88. The second-order valence-corrected chi connectivity index (χ2v) is 6.82. The largest absolute Gasteiger partial charge is 0.420 e. The van der Waals surface area contributed by atoms with Crippen LogP contribution in [-0.2, 0) is 15.1 Å². The van der Waals surface area contributed by atoms with Crippen LogP contribution in [0.4, 0.5) is 18.9 Å². The highest BCUT2D eigenvalue weighted by Crippen LogP contribution is 2.44. The normalized spacial score (nSPS) is 19.1. The van der Waals surface area contributed by atoms with Crippen LogP contribution in [0, 0.1) is 12.3 Å². The number of alkyl halides is 3. The molecule has 0 aromatic heterocycles. The van der Waals surface area contributed by atoms with Gasteiger partial charge in [0.2, 0.25) is 11.4 Å². The molecule has 31 heavy (non-hydrogen) atoms. The van der Waals surface area contributed by atoms with Gasteiger partial charge in [0, 0.05) is 23.4 Å². The lowest BCUT2D eigenvalue weighted by atomic mass is 9.89. The van der Waals surface area contributed by atoms with Gasteiger partial charge in [-0.05, 0) is 31.5 Å². The molecule has 0 radical (unpaired) electrons. The molecule has 6 nitrogen and oxygen atoms in total. The Kier molecular flexibility index (Phi) is 10.3. The third-order valence-corrected chi connectivity index (χ3v) is 4.32. The van der Waals surface area contributed by atoms with Crippen molar-refractivity contribution in [2.24, 2.45) is 15.7 Å². The first kappa shape index (κ1) is 26.2. The van der Waals surface area contributed by atoms with Crippen LogP contribution >= 0.6 is 11.6 Å². The number of aliphatic imine (C=N–C) groups is 2. The molecule has 1 unspecified atom stereocenters. The van der Waals surface area contributed by atoms with E-state index in [0.29, 0.717) is 11.5 Å². The van der Waals surface area contributed by atoms with Crippen molar-refractivity contribution in [1.82, 2.24) is 0 Å². The summed E-state index contributed by atoms with van der Waals surface area (Å²) in [5, 5.41) is 3.10. The molecule has 168 valence electrons. The summed E-state index contributed by atoms with van der Waals surface area (Å²) in [7, 11) is 0. The van der Waals surface area contributed by atoms with Gasteiger partial charge in [-0.2, -0.15) is 13.2 Å². The van der Waals surface area contributed by atoms with Crippen molar-refractivity contribution in [2.75, 3.05) is 25.1 Å². The summed E-state index contributed by atoms with van der Waals surface area (Å²) in [5.74, 6) is 1.53. The molecule has 1 aromatic carbocycles. The molecule has 10 heteroatoms. The quantitative estimate of drug-likeness (QED) is 0.500. The number of hydrogen-bond donors (Lipinski definition) is 2. The Morgan fingerprint density at radius 3 is 2.77 bits per heavy atom. The molecule has 1 amide bonds. The summed E-state index contributed by atoms with van der Waals surface area (Å²) in [6.45, 7) is 2.39. The molecule has 0 saturated carbocycles. The van der Waals surface area contributed by atoms with E-state index in [9.17, 15) is 18.0 Å². The van der Waals surface area contributed by atoms with Gasteiger partial charge >= 0.3 is 6.18 Å². The molecular formula is C21H24ClF3N4O2. The topological polar surface area (TPSA) is 89.1 Å². The Morgan fingerprint density at radius 2 is 2.19 bits per heavy atom. The highest BCUT2D eigenvalue weighted by atomic mass is 35.5. The minimum atomic E-state index is -4.73. The SMILES string of the molecule is C#CC.C/C=C(/Cl)CC=NCC(=O)Nc1cccc(C2(C(F)(F)F)COCC(N)=N2)c1. The number of nitrogens with zero attached hydrogens (tertiary/aromatic N) is 2. The van der Waals surface area contributed by atoms with Gasteiger partial charge in [0.1, 0.15) is 19.0 Å². The van der Waals surface area contributed by atoms with Gasteiger partial charge in [-0.15, -0.1) is 12.3 Å². The second-order valence-electron chi connectivity index (χ2n) is 6.33. The molecule has 1 atom stereocenters. The number of nitrogens with one attached hydrogen (secondary N) is 1. The van der Waals surface area contributed by atoms with Gasteiger partial charge in [0.25, 0.3) is 0 Å². The summed E-state index contributed by atoms with van der Waals surface area (Å²) in [4.78, 5) is 19.6. The lowest BCUT2D eigenvalue weighted by molar-refractivity contribution is -0.205. The molecule has 1 aliphatic rings. The first-order valence-corrected chi connectivity index (χ1v) is 9.52. The van der Waals surface area contributed by atoms with E-state index in [1.54, 1.807) is 19.9 Å². The van der Waals surface area contributed by atoms with Crippen LogP contribution in [0.15, 0.2) is 45.4 Å². The van der Waals surface area contributed by atoms with Crippen molar-refractivity contribution in [3.8, 4) is 12.3 Å². The van der Waals surface area contributed by atoms with E-state index in [1.165, 1.54) is 30.5 Å². The number of terminal acetylenes is 1. The Hall–Kier alpha value is -2.83. The maximum absolute atomic E-state index is 13.8. The fraction of sp³-hybridized carbons (Fsp3) is 0.381. The smallest absolute Gasteiger partial charge is 0.385 e. The highest BCUT2D eigenvalue weighted by molar-refractivity contribution is 6.30. The fourth-order valence-corrected chi connectivity index (χ4v) is 2.61. The number of hydrogen-bond acceptors (Lipinski definition) is 5. The van der Waals surface area contributed by atoms with Gasteiger partial charge in [-0.3, -0.25) is 9.79 Å². The molecule has 0 spiro atoms. The molecule has 0 fully saturated rings. The van der Waals surface area contributed by atoms with Gasteiger partial charge in [-0.25, -0.2) is 4.99 Å². The number of ether oxygens (including phenoxy) is 1. The Bertz CT molecular complexity index is 891. The van der Waals surface area contributed by atoms with Crippen LogP contribution in [-0.4, -0.2) is 43.9 Å². The van der Waals surface area contributed by atoms with Crippen molar-refractivity contribution in [2.45, 2.75) is 32.0 Å². The number of carbonyl (C=O) groups excluding carboxylic acids is 1. The molecule has 1 heterocycles. The minimum Gasteiger partial charge on any atom is -0.385 e. The Morgan fingerprint density at radius 1 is 1.52 bits per heavy atom. The van der Waals surface area contributed by atoms with E-state index in [-0.39, 0.29) is 30.2 Å². The van der Waals surface area contributed by atoms with Crippen molar-refractivity contribution < 1.29 is 22.7 Å². The number of benzene rings is 1. The van der Waals surface area contributed by atoms with Crippen LogP contribution < -0.4 is 11.1 Å². The predicted molar refractivity (Wildman–Crippen MR) is 117 cm³/mol. The number of allylic oxidation sites excluding steroid dienone is 2. The maximum atomic E-state index is 13.8. The van der Waals surface area contributed by atoms with E-state index < -0.39 is 24.2 Å². The summed E-state index contributed by atoms with van der Waals surface area (Å²) in [6.07, 6.45) is 3.47. The molecule has 3 N–H and O–H groups in total. The third-order valence-electron chi connectivity index (χ3n) is 3.95. The number of anilines is 1. The van der Waals surface area contributed by atoms with E-state index in [2.05, 4.69) is 27.6 Å². The second kappa shape index (κ2) is 12.1. The van der Waals surface area contributed by atoms with E-state index in [0.717, 1.165) is 0 Å². The number of amides is 1. The zero-order chi connectivity index (χ0) is 23.5. The maximum Gasteiger partial charge on any atom is 0.420 e. The van der Waals surface area contributed by atoms with Crippen LogP contribution in [0.1, 0.15) is 25.8 Å². The summed E-state index contributed by atoms with van der Waals surface area (Å²) < 4.78 is 46.4. The van der Waals surface area contributed by atoms with Crippen LogP contribution in [0.3, 0.4) is 0 Å². The van der Waals surface area contributed by atoms with Crippen molar-refractivity contribution in [1.29, 1.82) is 0 Å². The number of carbonyl (C=O) groups is 1. The number of rotatable bonds is 6. The minimum absolute atomic E-state index is 0.163. The number of nitrogens with two attached hydrogens (primary N) is 1. The molecule has 0 bridgehead atoms. The molecule has 2 rings (SSSR count). The average molecular weight is 457 g/mol. The fourth-order valence-electron chi connectivity index (χ4n) is 2.54. The lowest BCUT2D eigenvalue weighted by Gasteiger charge is -2.35. The summed E-state index contributed by atoms with van der Waals surface area (Å²) >= 11 is 5.81. The molecule has 0 saturated heterocycles. The van der Waals surface area contributed by atoms with E-state index in [1.807, 2.05) is 0 Å². The predicted octanol–water partition coefficient (Wildman–Crippen LogP) is 4.01. The molecule has 1 aromatic rings. The van der Waals surface area contributed by atoms with Gasteiger partial charge in [0.15, 0.2) is 0 Å². The van der Waals surface area contributed by atoms with E-state index >= 15 is 0 Å².